The monoisotopic (exact) mass is 325 g/mol. The van der Waals surface area contributed by atoms with Crippen LogP contribution in [0.15, 0.2) is 66.1 Å². The van der Waals surface area contributed by atoms with Crippen LogP contribution in [0.4, 0.5) is 0 Å². The van der Waals surface area contributed by atoms with Gasteiger partial charge in [0.1, 0.15) is 0 Å². The largest absolute Gasteiger partial charge is 0.268 e. The number of aromatic nitrogens is 1. The van der Waals surface area contributed by atoms with Gasteiger partial charge in [0.2, 0.25) is 0 Å². The lowest BCUT2D eigenvalue weighted by Crippen LogP contribution is -2.15. The number of hydrogen-bond donors (Lipinski definition) is 0. The third kappa shape index (κ3) is 2.49. The summed E-state index contributed by atoms with van der Waals surface area (Å²) in [6, 6.07) is 14.5. The third-order valence-corrected chi connectivity index (χ3v) is 5.87. The van der Waals surface area contributed by atoms with E-state index in [-0.39, 0.29) is 0 Å². The summed E-state index contributed by atoms with van der Waals surface area (Å²) in [6.45, 7) is 7.67. The molecule has 4 heteroatoms. The number of benzene rings is 2. The molecule has 0 unspecified atom stereocenters. The molecule has 0 saturated heterocycles. The average Bonchev–Trinajstić information content (AvgIpc) is 2.82. The van der Waals surface area contributed by atoms with E-state index in [2.05, 4.69) is 6.58 Å². The molecular weight excluding hydrogens is 306 g/mol. The van der Waals surface area contributed by atoms with Crippen LogP contribution in [0.2, 0.25) is 0 Å². The van der Waals surface area contributed by atoms with Crippen molar-refractivity contribution in [1.29, 1.82) is 0 Å². The van der Waals surface area contributed by atoms with E-state index in [9.17, 15) is 8.42 Å². The molecule has 0 spiro atoms. The van der Waals surface area contributed by atoms with Crippen LogP contribution in [0.5, 0.6) is 0 Å². The van der Waals surface area contributed by atoms with Crippen LogP contribution in [-0.2, 0) is 16.4 Å². The number of fused-ring (bicyclic) bond motifs is 1. The Kier molecular flexibility index (Phi) is 3.86. The fraction of sp³-hybridized carbons (Fsp3) is 0.158. The maximum Gasteiger partial charge on any atom is 0.268 e. The molecule has 0 aliphatic heterocycles. The lowest BCUT2D eigenvalue weighted by molar-refractivity contribution is 0.587. The van der Waals surface area contributed by atoms with Crippen molar-refractivity contribution in [2.75, 3.05) is 0 Å². The Hall–Kier alpha value is -2.33. The molecule has 0 bridgehead atoms. The number of allylic oxidation sites excluding steroid dienone is 1. The average molecular weight is 325 g/mol. The van der Waals surface area contributed by atoms with Crippen LogP contribution in [-0.4, -0.2) is 12.4 Å². The molecule has 0 aliphatic carbocycles. The molecule has 23 heavy (non-hydrogen) atoms. The van der Waals surface area contributed by atoms with Gasteiger partial charge < -0.3 is 0 Å². The molecule has 0 aliphatic rings. The van der Waals surface area contributed by atoms with Crippen molar-refractivity contribution < 1.29 is 8.42 Å². The number of para-hydroxylation sites is 1. The van der Waals surface area contributed by atoms with Gasteiger partial charge in [-0.25, -0.2) is 12.4 Å². The van der Waals surface area contributed by atoms with Crippen LogP contribution in [0.25, 0.3) is 10.9 Å². The zero-order valence-corrected chi connectivity index (χ0v) is 14.1. The summed E-state index contributed by atoms with van der Waals surface area (Å²) in [5.41, 5.74) is 3.49. The Morgan fingerprint density at radius 2 is 1.70 bits per heavy atom. The molecule has 3 aromatic rings. The topological polar surface area (TPSA) is 39.1 Å². The first-order valence-electron chi connectivity index (χ1n) is 7.49. The van der Waals surface area contributed by atoms with E-state index < -0.39 is 10.0 Å². The standard InChI is InChI=1S/C19H19NO2S/c1-4-7-18-15(3)17-8-5-6-9-19(17)20(18)23(21,22)16-12-10-14(2)11-13-16/h4-6,8-13H,1,7H2,2-3H3. The van der Waals surface area contributed by atoms with Gasteiger partial charge in [0.05, 0.1) is 10.4 Å². The van der Waals surface area contributed by atoms with Gasteiger partial charge >= 0.3 is 0 Å². The summed E-state index contributed by atoms with van der Waals surface area (Å²) >= 11 is 0. The molecule has 0 saturated carbocycles. The van der Waals surface area contributed by atoms with E-state index in [0.717, 1.165) is 22.2 Å². The van der Waals surface area contributed by atoms with Crippen LogP contribution in [0.3, 0.4) is 0 Å². The van der Waals surface area contributed by atoms with Crippen LogP contribution >= 0.6 is 0 Å². The van der Waals surface area contributed by atoms with E-state index in [1.165, 1.54) is 3.97 Å². The molecule has 0 radical (unpaired) electrons. The minimum atomic E-state index is -3.65. The predicted octanol–water partition coefficient (Wildman–Crippen LogP) is 4.22. The Morgan fingerprint density at radius 3 is 2.35 bits per heavy atom. The highest BCUT2D eigenvalue weighted by atomic mass is 32.2. The quantitative estimate of drug-likeness (QED) is 0.674. The van der Waals surface area contributed by atoms with Crippen molar-refractivity contribution >= 4 is 20.9 Å². The van der Waals surface area contributed by atoms with Gasteiger partial charge in [-0.1, -0.05) is 42.0 Å². The third-order valence-electron chi connectivity index (χ3n) is 4.10. The SMILES string of the molecule is C=CCc1c(C)c2ccccc2n1S(=O)(=O)c1ccc(C)cc1. The molecule has 1 aromatic heterocycles. The molecule has 2 aromatic carbocycles. The molecule has 1 heterocycles. The maximum atomic E-state index is 13.2. The molecule has 118 valence electrons. The molecule has 3 nitrogen and oxygen atoms in total. The van der Waals surface area contributed by atoms with Crippen molar-refractivity contribution in [2.45, 2.75) is 25.2 Å². The molecule has 0 fully saturated rings. The highest BCUT2D eigenvalue weighted by molar-refractivity contribution is 7.90. The van der Waals surface area contributed by atoms with E-state index in [1.807, 2.05) is 50.2 Å². The van der Waals surface area contributed by atoms with Gasteiger partial charge in [0.15, 0.2) is 0 Å². The Bertz CT molecular complexity index is 980. The first-order valence-corrected chi connectivity index (χ1v) is 8.93. The fourth-order valence-electron chi connectivity index (χ4n) is 2.88. The minimum Gasteiger partial charge on any atom is -0.237 e. The fourth-order valence-corrected chi connectivity index (χ4v) is 4.49. The van der Waals surface area contributed by atoms with Gasteiger partial charge in [-0.05, 0) is 37.6 Å². The summed E-state index contributed by atoms with van der Waals surface area (Å²) in [4.78, 5) is 0.300. The Balaban J connectivity index is 2.36. The zero-order valence-electron chi connectivity index (χ0n) is 13.3. The van der Waals surface area contributed by atoms with Gasteiger partial charge in [0.25, 0.3) is 10.0 Å². The van der Waals surface area contributed by atoms with Crippen LogP contribution in [0, 0.1) is 13.8 Å². The molecule has 0 N–H and O–H groups in total. The molecule has 0 amide bonds. The van der Waals surface area contributed by atoms with Gasteiger partial charge in [-0.3, -0.25) is 0 Å². The van der Waals surface area contributed by atoms with E-state index in [4.69, 9.17) is 0 Å². The number of nitrogens with zero attached hydrogens (tertiary/aromatic N) is 1. The second-order valence-electron chi connectivity index (χ2n) is 5.66. The van der Waals surface area contributed by atoms with Crippen molar-refractivity contribution in [3.8, 4) is 0 Å². The van der Waals surface area contributed by atoms with E-state index in [1.54, 1.807) is 18.2 Å². The summed E-state index contributed by atoms with van der Waals surface area (Å²) < 4.78 is 27.9. The van der Waals surface area contributed by atoms with E-state index >= 15 is 0 Å². The summed E-state index contributed by atoms with van der Waals surface area (Å²) in [7, 11) is -3.65. The van der Waals surface area contributed by atoms with E-state index in [0.29, 0.717) is 16.8 Å². The first-order chi connectivity index (χ1) is 11.0. The second-order valence-corrected chi connectivity index (χ2v) is 7.45. The Morgan fingerprint density at radius 1 is 1.04 bits per heavy atom. The first kappa shape index (κ1) is 15.6. The number of hydrogen-bond acceptors (Lipinski definition) is 2. The van der Waals surface area contributed by atoms with Gasteiger partial charge in [-0.2, -0.15) is 0 Å². The lowest BCUT2D eigenvalue weighted by atomic mass is 10.1. The van der Waals surface area contributed by atoms with Crippen molar-refractivity contribution in [3.63, 3.8) is 0 Å². The normalized spacial score (nSPS) is 11.7. The van der Waals surface area contributed by atoms with Gasteiger partial charge in [0, 0.05) is 17.5 Å². The molecule has 0 atom stereocenters. The molecule has 3 rings (SSSR count). The highest BCUT2D eigenvalue weighted by Gasteiger charge is 2.24. The summed E-state index contributed by atoms with van der Waals surface area (Å²) in [5.74, 6) is 0. The van der Waals surface area contributed by atoms with Crippen molar-refractivity contribution in [3.05, 3.63) is 78.0 Å². The number of aryl methyl sites for hydroxylation is 2. The van der Waals surface area contributed by atoms with Crippen LogP contribution < -0.4 is 0 Å². The predicted molar refractivity (Wildman–Crippen MR) is 94.3 cm³/mol. The summed E-state index contributed by atoms with van der Waals surface area (Å²) in [5, 5.41) is 0.958. The second kappa shape index (κ2) is 5.70. The highest BCUT2D eigenvalue weighted by Crippen LogP contribution is 2.30. The molecular formula is C19H19NO2S. The van der Waals surface area contributed by atoms with Crippen molar-refractivity contribution in [2.24, 2.45) is 0 Å². The number of rotatable bonds is 4. The lowest BCUT2D eigenvalue weighted by Gasteiger charge is -2.12. The smallest absolute Gasteiger partial charge is 0.237 e. The minimum absolute atomic E-state index is 0.300. The zero-order chi connectivity index (χ0) is 16.6. The van der Waals surface area contributed by atoms with Crippen molar-refractivity contribution in [1.82, 2.24) is 3.97 Å². The summed E-state index contributed by atoms with van der Waals surface area (Å²) in [6.07, 6.45) is 2.24. The van der Waals surface area contributed by atoms with Gasteiger partial charge in [-0.15, -0.1) is 6.58 Å². The Labute approximate surface area is 136 Å². The maximum absolute atomic E-state index is 13.2. The van der Waals surface area contributed by atoms with Crippen LogP contribution in [0.1, 0.15) is 16.8 Å².